The van der Waals surface area contributed by atoms with E-state index in [4.69, 9.17) is 5.73 Å². The molecule has 2 unspecified atom stereocenters. The first-order chi connectivity index (χ1) is 6.37. The molecule has 0 aromatic carbocycles. The summed E-state index contributed by atoms with van der Waals surface area (Å²) >= 11 is 0. The van der Waals surface area contributed by atoms with E-state index >= 15 is 0 Å². The minimum absolute atomic E-state index is 0.0480. The molecule has 2 nitrogen and oxygen atoms in total. The average Bonchev–Trinajstić information content (AvgIpc) is 2.09. The molecule has 3 N–H and O–H groups in total. The van der Waals surface area contributed by atoms with E-state index in [1.807, 2.05) is 13.8 Å². The summed E-state index contributed by atoms with van der Waals surface area (Å²) in [5.74, 6) is 0.341. The molecule has 14 heavy (non-hydrogen) atoms. The summed E-state index contributed by atoms with van der Waals surface area (Å²) in [6, 6.07) is -0.0618. The zero-order chi connectivity index (χ0) is 11.2. The van der Waals surface area contributed by atoms with Crippen molar-refractivity contribution in [2.75, 3.05) is 13.1 Å². The molecule has 0 aliphatic rings. The Bertz CT molecular complexity index is 147. The first kappa shape index (κ1) is 13.7. The van der Waals surface area contributed by atoms with E-state index in [2.05, 4.69) is 5.32 Å². The molecule has 0 saturated heterocycles. The van der Waals surface area contributed by atoms with Gasteiger partial charge in [-0.15, -0.1) is 0 Å². The number of rotatable bonds is 6. The highest BCUT2D eigenvalue weighted by Crippen LogP contribution is 2.18. The van der Waals surface area contributed by atoms with Crippen molar-refractivity contribution < 1.29 is 13.2 Å². The zero-order valence-corrected chi connectivity index (χ0v) is 8.69. The molecule has 86 valence electrons. The summed E-state index contributed by atoms with van der Waals surface area (Å²) in [6.45, 7) is 4.41. The van der Waals surface area contributed by atoms with Crippen molar-refractivity contribution >= 4 is 0 Å². The van der Waals surface area contributed by atoms with Gasteiger partial charge in [-0.2, -0.15) is 13.2 Å². The van der Waals surface area contributed by atoms with Crippen LogP contribution in [0.1, 0.15) is 26.7 Å². The van der Waals surface area contributed by atoms with Gasteiger partial charge in [-0.05, 0) is 5.92 Å². The van der Waals surface area contributed by atoms with E-state index in [1.54, 1.807) is 0 Å². The van der Waals surface area contributed by atoms with Gasteiger partial charge in [0.05, 0.1) is 6.42 Å². The fourth-order valence-electron chi connectivity index (χ4n) is 1.00. The summed E-state index contributed by atoms with van der Waals surface area (Å²) in [6.07, 6.45) is -3.92. The third-order valence-corrected chi connectivity index (χ3v) is 2.34. The molecule has 0 aromatic heterocycles. The minimum Gasteiger partial charge on any atom is -0.326 e. The molecule has 0 saturated carbocycles. The molecule has 0 spiro atoms. The Morgan fingerprint density at radius 3 is 2.36 bits per heavy atom. The molecule has 0 fully saturated rings. The van der Waals surface area contributed by atoms with Crippen LogP contribution in [0.3, 0.4) is 0 Å². The Labute approximate surface area is 83.0 Å². The van der Waals surface area contributed by atoms with E-state index < -0.39 is 12.6 Å². The molecule has 0 aliphatic carbocycles. The van der Waals surface area contributed by atoms with Crippen LogP contribution in [0.25, 0.3) is 0 Å². The molecule has 0 bridgehead atoms. The van der Waals surface area contributed by atoms with Gasteiger partial charge in [-0.1, -0.05) is 20.3 Å². The monoisotopic (exact) mass is 212 g/mol. The number of hydrogen-bond donors (Lipinski definition) is 2. The molecule has 0 amide bonds. The van der Waals surface area contributed by atoms with Gasteiger partial charge in [-0.25, -0.2) is 0 Å². The summed E-state index contributed by atoms with van der Waals surface area (Å²) < 4.78 is 35.2. The van der Waals surface area contributed by atoms with Crippen molar-refractivity contribution in [3.05, 3.63) is 0 Å². The Hall–Kier alpha value is -0.290. The van der Waals surface area contributed by atoms with Crippen molar-refractivity contribution in [1.82, 2.24) is 5.32 Å². The van der Waals surface area contributed by atoms with E-state index in [0.29, 0.717) is 12.5 Å². The van der Waals surface area contributed by atoms with Crippen LogP contribution in [-0.4, -0.2) is 25.3 Å². The van der Waals surface area contributed by atoms with E-state index in [-0.39, 0.29) is 12.6 Å². The van der Waals surface area contributed by atoms with Crippen molar-refractivity contribution in [2.45, 2.75) is 38.9 Å². The lowest BCUT2D eigenvalue weighted by Gasteiger charge is -2.18. The van der Waals surface area contributed by atoms with Crippen LogP contribution in [0.2, 0.25) is 0 Å². The number of hydrogen-bond acceptors (Lipinski definition) is 2. The molecular formula is C9H19F3N2. The quantitative estimate of drug-likeness (QED) is 0.660. The summed E-state index contributed by atoms with van der Waals surface area (Å²) in [5, 5.41) is 2.71. The van der Waals surface area contributed by atoms with Gasteiger partial charge >= 0.3 is 6.18 Å². The summed E-state index contributed by atoms with van der Waals surface area (Å²) in [4.78, 5) is 0. The number of alkyl halides is 3. The van der Waals surface area contributed by atoms with Gasteiger partial charge in [-0.3, -0.25) is 0 Å². The predicted molar refractivity (Wildman–Crippen MR) is 51.0 cm³/mol. The molecule has 0 radical (unpaired) electrons. The Morgan fingerprint density at radius 1 is 1.36 bits per heavy atom. The molecule has 0 heterocycles. The topological polar surface area (TPSA) is 38.0 Å². The third-order valence-electron chi connectivity index (χ3n) is 2.34. The van der Waals surface area contributed by atoms with Crippen LogP contribution in [0.5, 0.6) is 0 Å². The number of nitrogens with one attached hydrogen (secondary N) is 1. The first-order valence-corrected chi connectivity index (χ1v) is 4.90. The highest BCUT2D eigenvalue weighted by molar-refractivity contribution is 4.70. The predicted octanol–water partition coefficient (Wildman–Crippen LogP) is 1.90. The fourth-order valence-corrected chi connectivity index (χ4v) is 1.00. The minimum atomic E-state index is -4.08. The van der Waals surface area contributed by atoms with Crippen LogP contribution in [0.4, 0.5) is 13.2 Å². The van der Waals surface area contributed by atoms with Crippen LogP contribution < -0.4 is 11.1 Å². The van der Waals surface area contributed by atoms with Crippen molar-refractivity contribution in [1.29, 1.82) is 0 Å². The second-order valence-corrected chi connectivity index (χ2v) is 3.62. The highest BCUT2D eigenvalue weighted by atomic mass is 19.4. The zero-order valence-electron chi connectivity index (χ0n) is 8.69. The Morgan fingerprint density at radius 2 is 1.93 bits per heavy atom. The standard InChI is InChI=1S/C9H19F3N2/c1-3-7(2)8(13)6-14-5-4-9(10,11)12/h7-8,14H,3-6,13H2,1-2H3. The van der Waals surface area contributed by atoms with E-state index in [1.165, 1.54) is 0 Å². The van der Waals surface area contributed by atoms with Gasteiger partial charge < -0.3 is 11.1 Å². The van der Waals surface area contributed by atoms with Gasteiger partial charge in [0, 0.05) is 19.1 Å². The highest BCUT2D eigenvalue weighted by Gasteiger charge is 2.26. The summed E-state index contributed by atoms with van der Waals surface area (Å²) in [7, 11) is 0. The second kappa shape index (κ2) is 6.24. The van der Waals surface area contributed by atoms with E-state index in [0.717, 1.165) is 6.42 Å². The SMILES string of the molecule is CCC(C)C(N)CNCCC(F)(F)F. The fraction of sp³-hybridized carbons (Fsp3) is 1.00. The summed E-state index contributed by atoms with van der Waals surface area (Å²) in [5.41, 5.74) is 5.73. The van der Waals surface area contributed by atoms with Crippen LogP contribution >= 0.6 is 0 Å². The Kier molecular flexibility index (Phi) is 6.11. The van der Waals surface area contributed by atoms with Gasteiger partial charge in [0.2, 0.25) is 0 Å². The molecule has 0 rings (SSSR count). The largest absolute Gasteiger partial charge is 0.390 e. The smallest absolute Gasteiger partial charge is 0.326 e. The second-order valence-electron chi connectivity index (χ2n) is 3.62. The number of nitrogens with two attached hydrogens (primary N) is 1. The molecular weight excluding hydrogens is 193 g/mol. The maximum atomic E-state index is 11.7. The van der Waals surface area contributed by atoms with Crippen molar-refractivity contribution in [3.8, 4) is 0 Å². The third kappa shape index (κ3) is 7.15. The van der Waals surface area contributed by atoms with Crippen LogP contribution in [-0.2, 0) is 0 Å². The molecule has 0 aromatic rings. The van der Waals surface area contributed by atoms with E-state index in [9.17, 15) is 13.2 Å². The van der Waals surface area contributed by atoms with Gasteiger partial charge in [0.1, 0.15) is 0 Å². The first-order valence-electron chi connectivity index (χ1n) is 4.90. The average molecular weight is 212 g/mol. The van der Waals surface area contributed by atoms with Gasteiger partial charge in [0.25, 0.3) is 0 Å². The van der Waals surface area contributed by atoms with Crippen molar-refractivity contribution in [3.63, 3.8) is 0 Å². The maximum absolute atomic E-state index is 11.7. The normalized spacial score (nSPS) is 16.7. The Balaban J connectivity index is 3.45. The van der Waals surface area contributed by atoms with Crippen molar-refractivity contribution in [2.24, 2.45) is 11.7 Å². The van der Waals surface area contributed by atoms with Crippen LogP contribution in [0.15, 0.2) is 0 Å². The molecule has 5 heteroatoms. The lowest BCUT2D eigenvalue weighted by molar-refractivity contribution is -0.133. The number of halogens is 3. The lowest BCUT2D eigenvalue weighted by atomic mass is 10.0. The molecule has 2 atom stereocenters. The van der Waals surface area contributed by atoms with Gasteiger partial charge in [0.15, 0.2) is 0 Å². The lowest BCUT2D eigenvalue weighted by Crippen LogP contribution is -2.39. The molecule has 0 aliphatic heterocycles. The maximum Gasteiger partial charge on any atom is 0.390 e. The van der Waals surface area contributed by atoms with Crippen LogP contribution in [0, 0.1) is 5.92 Å².